The number of hydrogen-bond donors (Lipinski definition) is 2. The topological polar surface area (TPSA) is 98.1 Å². The Morgan fingerprint density at radius 1 is 1.17 bits per heavy atom. The van der Waals surface area contributed by atoms with Crippen LogP contribution < -0.4 is 15.4 Å². The average molecular weight is 534 g/mol. The quantitative estimate of drug-likeness (QED) is 0.268. The number of benzene rings is 2. The number of ether oxygens (including phenoxy) is 1. The van der Waals surface area contributed by atoms with Crippen LogP contribution in [0.4, 0.5) is 5.69 Å². The van der Waals surface area contributed by atoms with Gasteiger partial charge in [0.2, 0.25) is 11.8 Å². The first-order valence-electron chi connectivity index (χ1n) is 10.6. The van der Waals surface area contributed by atoms with E-state index in [2.05, 4.69) is 27.4 Å². The number of hydrogen-bond acceptors (Lipinski definition) is 6. The minimum atomic E-state index is -0.401. The van der Waals surface area contributed by atoms with Crippen LogP contribution in [0.5, 0.6) is 5.75 Å². The zero-order valence-electron chi connectivity index (χ0n) is 19.3. The fraction of sp³-hybridized carbons (Fsp3) is 0.250. The highest BCUT2D eigenvalue weighted by Crippen LogP contribution is 2.30. The SMILES string of the molecule is C=CCn1c(SCC(=O)Nc2cccc(Cl)c2Cl)nnc1[C@@H](C)NC(=O)Cc1ccc(OC)cc1. The maximum absolute atomic E-state index is 12.6. The first kappa shape index (κ1) is 26.6. The summed E-state index contributed by atoms with van der Waals surface area (Å²) < 4.78 is 6.96. The second kappa shape index (κ2) is 12.6. The summed E-state index contributed by atoms with van der Waals surface area (Å²) in [5.41, 5.74) is 1.30. The van der Waals surface area contributed by atoms with E-state index in [4.69, 9.17) is 27.9 Å². The first-order chi connectivity index (χ1) is 16.8. The Morgan fingerprint density at radius 3 is 2.60 bits per heavy atom. The van der Waals surface area contributed by atoms with Gasteiger partial charge in [0.1, 0.15) is 5.75 Å². The molecule has 1 atom stereocenters. The van der Waals surface area contributed by atoms with Crippen molar-refractivity contribution >= 4 is 52.5 Å². The molecule has 0 aliphatic heterocycles. The van der Waals surface area contributed by atoms with Gasteiger partial charge in [0.25, 0.3) is 0 Å². The summed E-state index contributed by atoms with van der Waals surface area (Å²) in [6, 6.07) is 11.9. The van der Waals surface area contributed by atoms with Gasteiger partial charge in [-0.25, -0.2) is 0 Å². The molecule has 1 heterocycles. The van der Waals surface area contributed by atoms with Crippen molar-refractivity contribution in [3.63, 3.8) is 0 Å². The zero-order valence-corrected chi connectivity index (χ0v) is 21.6. The Kier molecular flexibility index (Phi) is 9.59. The van der Waals surface area contributed by atoms with Crippen molar-refractivity contribution in [2.75, 3.05) is 18.2 Å². The van der Waals surface area contributed by atoms with Crippen molar-refractivity contribution in [1.29, 1.82) is 0 Å². The Labute approximate surface area is 218 Å². The molecule has 1 aromatic heterocycles. The molecule has 0 saturated heterocycles. The minimum Gasteiger partial charge on any atom is -0.497 e. The molecule has 0 aliphatic rings. The van der Waals surface area contributed by atoms with Crippen molar-refractivity contribution in [3.8, 4) is 5.75 Å². The fourth-order valence-corrected chi connectivity index (χ4v) is 4.33. The highest BCUT2D eigenvalue weighted by molar-refractivity contribution is 7.99. The molecule has 2 N–H and O–H groups in total. The predicted octanol–water partition coefficient (Wildman–Crippen LogP) is 4.93. The summed E-state index contributed by atoms with van der Waals surface area (Å²) in [5, 5.41) is 15.3. The number of allylic oxidation sites excluding steroid dienone is 1. The van der Waals surface area contributed by atoms with Crippen molar-refractivity contribution in [1.82, 2.24) is 20.1 Å². The van der Waals surface area contributed by atoms with Gasteiger partial charge in [-0.15, -0.1) is 16.8 Å². The average Bonchev–Trinajstić information content (AvgIpc) is 3.24. The van der Waals surface area contributed by atoms with Gasteiger partial charge >= 0.3 is 0 Å². The van der Waals surface area contributed by atoms with Crippen molar-refractivity contribution < 1.29 is 14.3 Å². The van der Waals surface area contributed by atoms with Gasteiger partial charge in [-0.1, -0.05) is 59.2 Å². The molecule has 8 nitrogen and oxygen atoms in total. The summed E-state index contributed by atoms with van der Waals surface area (Å²) in [5.74, 6) is 0.955. The van der Waals surface area contributed by atoms with E-state index >= 15 is 0 Å². The van der Waals surface area contributed by atoms with E-state index in [1.165, 1.54) is 11.8 Å². The number of thioether (sulfide) groups is 1. The van der Waals surface area contributed by atoms with Crippen LogP contribution in [0, 0.1) is 0 Å². The highest BCUT2D eigenvalue weighted by atomic mass is 35.5. The summed E-state index contributed by atoms with van der Waals surface area (Å²) >= 11 is 13.3. The molecule has 0 saturated carbocycles. The minimum absolute atomic E-state index is 0.0797. The maximum atomic E-state index is 12.6. The lowest BCUT2D eigenvalue weighted by atomic mass is 10.1. The van der Waals surface area contributed by atoms with E-state index in [0.29, 0.717) is 28.2 Å². The molecular formula is C24H25Cl2N5O3S. The zero-order chi connectivity index (χ0) is 25.4. The van der Waals surface area contributed by atoms with Crippen molar-refractivity contribution in [2.24, 2.45) is 0 Å². The summed E-state index contributed by atoms with van der Waals surface area (Å²) in [7, 11) is 1.59. The molecule has 3 aromatic rings. The Bertz CT molecular complexity index is 1200. The van der Waals surface area contributed by atoms with Gasteiger partial charge in [0.05, 0.1) is 41.1 Å². The van der Waals surface area contributed by atoms with E-state index in [1.807, 2.05) is 35.8 Å². The van der Waals surface area contributed by atoms with Crippen molar-refractivity contribution in [2.45, 2.75) is 31.1 Å². The van der Waals surface area contributed by atoms with Crippen LogP contribution in [0.15, 0.2) is 60.3 Å². The third-order valence-corrected chi connectivity index (χ3v) is 6.69. The normalized spacial score (nSPS) is 11.5. The molecule has 11 heteroatoms. The molecule has 35 heavy (non-hydrogen) atoms. The maximum Gasteiger partial charge on any atom is 0.234 e. The molecule has 184 valence electrons. The molecule has 0 unspecified atom stereocenters. The largest absolute Gasteiger partial charge is 0.497 e. The lowest BCUT2D eigenvalue weighted by molar-refractivity contribution is -0.121. The van der Waals surface area contributed by atoms with Crippen molar-refractivity contribution in [3.05, 3.63) is 76.6 Å². The van der Waals surface area contributed by atoms with E-state index in [-0.39, 0.29) is 29.0 Å². The van der Waals surface area contributed by atoms with Crippen LogP contribution in [0.2, 0.25) is 10.0 Å². The number of aromatic nitrogens is 3. The van der Waals surface area contributed by atoms with Gasteiger partial charge in [-0.3, -0.25) is 9.59 Å². The van der Waals surface area contributed by atoms with Crippen LogP contribution >= 0.6 is 35.0 Å². The second-order valence-electron chi connectivity index (χ2n) is 7.49. The highest BCUT2D eigenvalue weighted by Gasteiger charge is 2.20. The van der Waals surface area contributed by atoms with Crippen LogP contribution in [0.1, 0.15) is 24.4 Å². The molecule has 0 aliphatic carbocycles. The number of nitrogens with zero attached hydrogens (tertiary/aromatic N) is 3. The summed E-state index contributed by atoms with van der Waals surface area (Å²) in [6.07, 6.45) is 1.92. The van der Waals surface area contributed by atoms with Gasteiger partial charge in [-0.05, 0) is 36.8 Å². The van der Waals surface area contributed by atoms with Gasteiger partial charge in [0.15, 0.2) is 11.0 Å². The number of nitrogens with one attached hydrogen (secondary N) is 2. The van der Waals surface area contributed by atoms with Gasteiger partial charge in [0, 0.05) is 6.54 Å². The number of rotatable bonds is 11. The number of methoxy groups -OCH3 is 1. The lowest BCUT2D eigenvalue weighted by Gasteiger charge is -2.15. The van der Waals surface area contributed by atoms with Crippen LogP contribution in [-0.4, -0.2) is 39.4 Å². The lowest BCUT2D eigenvalue weighted by Crippen LogP contribution is -2.30. The first-order valence-corrected chi connectivity index (χ1v) is 12.4. The number of anilines is 1. The Balaban J connectivity index is 1.62. The van der Waals surface area contributed by atoms with E-state index in [0.717, 1.165) is 11.3 Å². The monoisotopic (exact) mass is 533 g/mol. The van der Waals surface area contributed by atoms with E-state index in [9.17, 15) is 9.59 Å². The second-order valence-corrected chi connectivity index (χ2v) is 9.22. The molecule has 0 bridgehead atoms. The number of carbonyl (C=O) groups is 2. The molecule has 0 fully saturated rings. The third-order valence-electron chi connectivity index (χ3n) is 4.90. The Morgan fingerprint density at radius 2 is 1.91 bits per heavy atom. The van der Waals surface area contributed by atoms with Crippen LogP contribution in [-0.2, 0) is 22.6 Å². The molecular weight excluding hydrogens is 509 g/mol. The smallest absolute Gasteiger partial charge is 0.234 e. The molecule has 0 spiro atoms. The molecule has 3 rings (SSSR count). The standard InChI is InChI=1S/C24H25Cl2N5O3S/c1-4-12-31-23(15(2)27-20(32)13-16-8-10-17(34-3)11-9-16)29-30-24(31)35-14-21(33)28-19-7-5-6-18(25)22(19)26/h4-11,15H,1,12-14H2,2-3H3,(H,27,32)(H,28,33)/t15-/m1/s1. The predicted molar refractivity (Wildman–Crippen MR) is 139 cm³/mol. The molecule has 2 aromatic carbocycles. The summed E-state index contributed by atoms with van der Waals surface area (Å²) in [4.78, 5) is 25.0. The number of halogens is 2. The third kappa shape index (κ3) is 7.24. The van der Waals surface area contributed by atoms with Crippen LogP contribution in [0.25, 0.3) is 0 Å². The van der Waals surface area contributed by atoms with Gasteiger partial charge in [-0.2, -0.15) is 0 Å². The van der Waals surface area contributed by atoms with E-state index < -0.39 is 6.04 Å². The molecule has 0 radical (unpaired) electrons. The number of amides is 2. The molecule has 2 amide bonds. The van der Waals surface area contributed by atoms with Crippen LogP contribution in [0.3, 0.4) is 0 Å². The van der Waals surface area contributed by atoms with Gasteiger partial charge < -0.3 is 19.9 Å². The Hall–Kier alpha value is -3.01. The number of carbonyl (C=O) groups excluding carboxylic acids is 2. The van der Waals surface area contributed by atoms with E-state index in [1.54, 1.807) is 31.4 Å². The fourth-order valence-electron chi connectivity index (χ4n) is 3.23. The summed E-state index contributed by atoms with van der Waals surface area (Å²) in [6.45, 7) is 6.04.